The lowest BCUT2D eigenvalue weighted by atomic mass is 9.85. The molecule has 0 spiro atoms. The van der Waals surface area contributed by atoms with Crippen LogP contribution in [0.3, 0.4) is 0 Å². The molecule has 0 bridgehead atoms. The van der Waals surface area contributed by atoms with Crippen LogP contribution >= 0.6 is 0 Å². The molecule has 0 unspecified atom stereocenters. The summed E-state index contributed by atoms with van der Waals surface area (Å²) < 4.78 is 24.9. The first kappa shape index (κ1) is 15.7. The van der Waals surface area contributed by atoms with Crippen LogP contribution in [0.25, 0.3) is 0 Å². The molecule has 2 saturated heterocycles. The SMILES string of the molecule is O=C(O)[C@@H]1C[C@@H]2CCCC[C@H]2N1C(=O)CN1CCCS1(=O)=O. The molecule has 3 atom stereocenters. The molecule has 0 aromatic rings. The Labute approximate surface area is 130 Å². The van der Waals surface area contributed by atoms with Crippen molar-refractivity contribution < 1.29 is 23.1 Å². The van der Waals surface area contributed by atoms with Crippen LogP contribution in [-0.4, -0.2) is 65.5 Å². The van der Waals surface area contributed by atoms with E-state index in [-0.39, 0.29) is 30.2 Å². The average molecular weight is 330 g/mol. The van der Waals surface area contributed by atoms with E-state index in [9.17, 15) is 23.1 Å². The first-order valence-corrected chi connectivity index (χ1v) is 9.53. The average Bonchev–Trinajstić information content (AvgIpc) is 2.99. The number of hydrogen-bond acceptors (Lipinski definition) is 4. The number of carboxylic acids is 1. The Hall–Kier alpha value is -1.15. The third kappa shape index (κ3) is 2.74. The predicted octanol–water partition coefficient (Wildman–Crippen LogP) is 0.266. The van der Waals surface area contributed by atoms with Crippen LogP contribution in [0.15, 0.2) is 0 Å². The zero-order chi connectivity index (χ0) is 15.9. The van der Waals surface area contributed by atoms with Crippen molar-refractivity contribution >= 4 is 21.9 Å². The number of aliphatic carboxylic acids is 1. The Bertz CT molecular complexity index is 576. The number of likely N-dealkylation sites (tertiary alicyclic amines) is 1. The van der Waals surface area contributed by atoms with E-state index in [4.69, 9.17) is 0 Å². The highest BCUT2D eigenvalue weighted by molar-refractivity contribution is 7.89. The molecule has 22 heavy (non-hydrogen) atoms. The normalized spacial score (nSPS) is 34.5. The number of carboxylic acid groups (broad SMARTS) is 1. The third-order valence-corrected chi connectivity index (χ3v) is 7.08. The van der Waals surface area contributed by atoms with Crippen molar-refractivity contribution in [3.05, 3.63) is 0 Å². The molecule has 3 rings (SSSR count). The Morgan fingerprint density at radius 1 is 1.14 bits per heavy atom. The molecule has 2 heterocycles. The van der Waals surface area contributed by atoms with Crippen LogP contribution in [0.2, 0.25) is 0 Å². The molecule has 0 aromatic heterocycles. The fourth-order valence-electron chi connectivity index (χ4n) is 4.14. The molecule has 3 fully saturated rings. The van der Waals surface area contributed by atoms with Gasteiger partial charge >= 0.3 is 5.97 Å². The van der Waals surface area contributed by atoms with Gasteiger partial charge in [-0.15, -0.1) is 0 Å². The van der Waals surface area contributed by atoms with E-state index in [0.29, 0.717) is 19.4 Å². The van der Waals surface area contributed by atoms with Gasteiger partial charge in [0.15, 0.2) is 0 Å². The number of rotatable bonds is 3. The van der Waals surface area contributed by atoms with Gasteiger partial charge in [0.2, 0.25) is 15.9 Å². The van der Waals surface area contributed by atoms with Gasteiger partial charge in [0.05, 0.1) is 12.3 Å². The molecular formula is C14H22N2O5S. The lowest BCUT2D eigenvalue weighted by Gasteiger charge is -2.33. The summed E-state index contributed by atoms with van der Waals surface area (Å²) in [5, 5.41) is 9.42. The van der Waals surface area contributed by atoms with Gasteiger partial charge in [0.25, 0.3) is 0 Å². The van der Waals surface area contributed by atoms with E-state index < -0.39 is 22.0 Å². The summed E-state index contributed by atoms with van der Waals surface area (Å²) in [6.45, 7) is 0.142. The molecule has 1 amide bonds. The van der Waals surface area contributed by atoms with E-state index >= 15 is 0 Å². The number of fused-ring (bicyclic) bond motifs is 1. The van der Waals surface area contributed by atoms with Gasteiger partial charge in [-0.25, -0.2) is 13.2 Å². The van der Waals surface area contributed by atoms with Crippen LogP contribution in [0.5, 0.6) is 0 Å². The molecule has 0 aromatic carbocycles. The van der Waals surface area contributed by atoms with Crippen molar-refractivity contribution in [1.82, 2.24) is 9.21 Å². The fourth-order valence-corrected chi connectivity index (χ4v) is 5.61. The Kier molecular flexibility index (Phi) is 4.15. The first-order valence-electron chi connectivity index (χ1n) is 7.92. The second kappa shape index (κ2) is 5.81. The van der Waals surface area contributed by atoms with Gasteiger partial charge in [-0.2, -0.15) is 4.31 Å². The van der Waals surface area contributed by atoms with Crippen LogP contribution < -0.4 is 0 Å². The number of carbonyl (C=O) groups is 2. The fraction of sp³-hybridized carbons (Fsp3) is 0.857. The quantitative estimate of drug-likeness (QED) is 0.801. The number of hydrogen-bond donors (Lipinski definition) is 1. The summed E-state index contributed by atoms with van der Waals surface area (Å²) in [6.07, 6.45) is 4.89. The maximum absolute atomic E-state index is 12.6. The molecule has 124 valence electrons. The van der Waals surface area contributed by atoms with Crippen LogP contribution in [0.4, 0.5) is 0 Å². The predicted molar refractivity (Wildman–Crippen MR) is 78.6 cm³/mol. The van der Waals surface area contributed by atoms with E-state index in [2.05, 4.69) is 0 Å². The molecule has 1 N–H and O–H groups in total. The first-order chi connectivity index (χ1) is 10.4. The minimum atomic E-state index is -3.34. The van der Waals surface area contributed by atoms with Crippen molar-refractivity contribution in [3.8, 4) is 0 Å². The maximum atomic E-state index is 12.6. The summed E-state index contributed by atoms with van der Waals surface area (Å²) in [5.74, 6) is -1.01. The van der Waals surface area contributed by atoms with Crippen LogP contribution in [0, 0.1) is 5.92 Å². The molecule has 3 aliphatic rings. The van der Waals surface area contributed by atoms with Crippen molar-refractivity contribution in [2.75, 3.05) is 18.8 Å². The Morgan fingerprint density at radius 2 is 1.86 bits per heavy atom. The van der Waals surface area contributed by atoms with Crippen LogP contribution in [0.1, 0.15) is 38.5 Å². The number of nitrogens with zero attached hydrogens (tertiary/aromatic N) is 2. The maximum Gasteiger partial charge on any atom is 0.326 e. The largest absolute Gasteiger partial charge is 0.480 e. The highest BCUT2D eigenvalue weighted by Gasteiger charge is 2.48. The van der Waals surface area contributed by atoms with E-state index in [0.717, 1.165) is 25.7 Å². The summed E-state index contributed by atoms with van der Waals surface area (Å²) in [6, 6.07) is -0.835. The summed E-state index contributed by atoms with van der Waals surface area (Å²) >= 11 is 0. The monoisotopic (exact) mass is 330 g/mol. The minimum absolute atomic E-state index is 0.0346. The standard InChI is InChI=1S/C14H22N2O5S/c17-13(9-15-6-3-7-22(15,20)21)16-11-5-2-1-4-10(11)8-12(16)14(18)19/h10-12H,1-9H2,(H,18,19)/t10-,11+,12-/m0/s1. The van der Waals surface area contributed by atoms with Gasteiger partial charge < -0.3 is 10.0 Å². The van der Waals surface area contributed by atoms with Gasteiger partial charge in [0.1, 0.15) is 6.04 Å². The Morgan fingerprint density at radius 3 is 2.50 bits per heavy atom. The molecule has 0 radical (unpaired) electrons. The molecule has 1 aliphatic carbocycles. The van der Waals surface area contributed by atoms with E-state index in [1.54, 1.807) is 0 Å². The molecular weight excluding hydrogens is 308 g/mol. The van der Waals surface area contributed by atoms with Gasteiger partial charge in [-0.05, 0) is 31.6 Å². The Balaban J connectivity index is 1.77. The smallest absolute Gasteiger partial charge is 0.326 e. The van der Waals surface area contributed by atoms with Crippen LogP contribution in [-0.2, 0) is 19.6 Å². The van der Waals surface area contributed by atoms with Crippen molar-refractivity contribution in [2.24, 2.45) is 5.92 Å². The number of amides is 1. The topological polar surface area (TPSA) is 95.0 Å². The highest BCUT2D eigenvalue weighted by Crippen LogP contribution is 2.40. The molecule has 2 aliphatic heterocycles. The zero-order valence-corrected chi connectivity index (χ0v) is 13.3. The summed E-state index contributed by atoms with van der Waals surface area (Å²) in [4.78, 5) is 25.6. The van der Waals surface area contributed by atoms with E-state index in [1.165, 1.54) is 9.21 Å². The number of sulfonamides is 1. The minimum Gasteiger partial charge on any atom is -0.480 e. The van der Waals surface area contributed by atoms with Crippen molar-refractivity contribution in [3.63, 3.8) is 0 Å². The zero-order valence-electron chi connectivity index (χ0n) is 12.5. The second-order valence-corrected chi connectivity index (χ2v) is 8.59. The third-order valence-electron chi connectivity index (χ3n) is 5.18. The molecule has 1 saturated carbocycles. The van der Waals surface area contributed by atoms with E-state index in [1.807, 2.05) is 0 Å². The van der Waals surface area contributed by atoms with Gasteiger partial charge in [-0.1, -0.05) is 12.8 Å². The van der Waals surface area contributed by atoms with Crippen molar-refractivity contribution in [2.45, 2.75) is 50.6 Å². The highest BCUT2D eigenvalue weighted by atomic mass is 32.2. The number of carbonyl (C=O) groups excluding carboxylic acids is 1. The lowest BCUT2D eigenvalue weighted by molar-refractivity contribution is -0.149. The molecule has 8 heteroatoms. The van der Waals surface area contributed by atoms with Crippen molar-refractivity contribution in [1.29, 1.82) is 0 Å². The molecule has 7 nitrogen and oxygen atoms in total. The summed E-state index contributed by atoms with van der Waals surface area (Å²) in [5.41, 5.74) is 0. The van der Waals surface area contributed by atoms with Gasteiger partial charge in [0, 0.05) is 12.6 Å². The second-order valence-electron chi connectivity index (χ2n) is 6.51. The van der Waals surface area contributed by atoms with Gasteiger partial charge in [-0.3, -0.25) is 4.79 Å². The lowest BCUT2D eigenvalue weighted by Crippen LogP contribution is -2.50. The summed E-state index contributed by atoms with van der Waals surface area (Å²) in [7, 11) is -3.34.